The molecule has 134 valence electrons. The lowest BCUT2D eigenvalue weighted by atomic mass is 9.96. The normalized spacial score (nSPS) is 21.3. The molecule has 6 nitrogen and oxygen atoms in total. The molecule has 1 saturated heterocycles. The second kappa shape index (κ2) is 6.82. The van der Waals surface area contributed by atoms with Gasteiger partial charge < -0.3 is 10.0 Å². The van der Waals surface area contributed by atoms with Gasteiger partial charge in [0, 0.05) is 25.3 Å². The molecule has 9 heteroatoms. The third kappa shape index (κ3) is 3.54. The molecule has 1 aliphatic rings. The van der Waals surface area contributed by atoms with E-state index in [1.54, 1.807) is 11.6 Å². The van der Waals surface area contributed by atoms with Crippen LogP contribution in [0.15, 0.2) is 6.20 Å². The first-order valence-electron chi connectivity index (χ1n) is 7.78. The van der Waals surface area contributed by atoms with E-state index in [9.17, 15) is 22.8 Å². The fourth-order valence-electron chi connectivity index (χ4n) is 2.91. The minimum Gasteiger partial charge on any atom is -0.481 e. The van der Waals surface area contributed by atoms with Gasteiger partial charge in [0.25, 0.3) is 5.91 Å². The number of likely N-dealkylation sites (tertiary alicyclic amines) is 1. The summed E-state index contributed by atoms with van der Waals surface area (Å²) in [5, 5.41) is 13.1. The Bertz CT molecular complexity index is 627. The van der Waals surface area contributed by atoms with Gasteiger partial charge in [-0.3, -0.25) is 14.3 Å². The Balaban J connectivity index is 2.19. The molecule has 1 aliphatic heterocycles. The summed E-state index contributed by atoms with van der Waals surface area (Å²) in [5.41, 5.74) is 0.800. The standard InChI is InChI=1S/C15H20F3N3O3/c1-3-4-5-21-9(2)10(6-19-21)13(22)20-7-11(14(23)24)12(8-20)15(16,17)18/h6,11-12H,3-5,7-8H2,1-2H3,(H,23,24)/t11-,12-/m1/s1. The van der Waals surface area contributed by atoms with Gasteiger partial charge in [0.15, 0.2) is 0 Å². The number of halogens is 3. The molecule has 1 aromatic rings. The van der Waals surface area contributed by atoms with Crippen molar-refractivity contribution in [1.82, 2.24) is 14.7 Å². The maximum absolute atomic E-state index is 13.0. The van der Waals surface area contributed by atoms with Crippen LogP contribution in [0, 0.1) is 18.8 Å². The van der Waals surface area contributed by atoms with Crippen molar-refractivity contribution in [3.05, 3.63) is 17.5 Å². The average Bonchev–Trinajstić information content (AvgIpc) is 3.08. The number of carboxylic acids is 1. The molecule has 2 rings (SSSR count). The van der Waals surface area contributed by atoms with Gasteiger partial charge in [-0.1, -0.05) is 13.3 Å². The summed E-state index contributed by atoms with van der Waals surface area (Å²) in [7, 11) is 0. The van der Waals surface area contributed by atoms with E-state index in [-0.39, 0.29) is 5.56 Å². The van der Waals surface area contributed by atoms with Crippen LogP contribution in [0.4, 0.5) is 13.2 Å². The topological polar surface area (TPSA) is 75.4 Å². The first-order chi connectivity index (χ1) is 11.2. The quantitative estimate of drug-likeness (QED) is 0.887. The number of aromatic nitrogens is 2. The number of rotatable bonds is 5. The van der Waals surface area contributed by atoms with Crippen molar-refractivity contribution >= 4 is 11.9 Å². The second-order valence-electron chi connectivity index (χ2n) is 6.02. The van der Waals surface area contributed by atoms with Crippen molar-refractivity contribution in [2.24, 2.45) is 11.8 Å². The molecule has 0 aliphatic carbocycles. The molecule has 24 heavy (non-hydrogen) atoms. The number of amides is 1. The number of unbranched alkanes of at least 4 members (excludes halogenated alkanes) is 1. The number of carbonyl (C=O) groups is 2. The Morgan fingerprint density at radius 2 is 2.04 bits per heavy atom. The van der Waals surface area contributed by atoms with E-state index < -0.39 is 43.0 Å². The molecule has 1 N–H and O–H groups in total. The number of carbonyl (C=O) groups excluding carboxylic acids is 1. The monoisotopic (exact) mass is 347 g/mol. The number of hydrogen-bond acceptors (Lipinski definition) is 3. The van der Waals surface area contributed by atoms with Gasteiger partial charge in [0.2, 0.25) is 0 Å². The minimum atomic E-state index is -4.65. The van der Waals surface area contributed by atoms with Crippen LogP contribution in [0.2, 0.25) is 0 Å². The molecule has 1 amide bonds. The third-order valence-electron chi connectivity index (χ3n) is 4.40. The van der Waals surface area contributed by atoms with Gasteiger partial charge in [-0.05, 0) is 13.3 Å². The molecular formula is C15H20F3N3O3. The van der Waals surface area contributed by atoms with Gasteiger partial charge >= 0.3 is 12.1 Å². The number of alkyl halides is 3. The van der Waals surface area contributed by atoms with Crippen molar-refractivity contribution in [2.75, 3.05) is 13.1 Å². The van der Waals surface area contributed by atoms with Crippen LogP contribution in [0.5, 0.6) is 0 Å². The van der Waals surface area contributed by atoms with Crippen LogP contribution >= 0.6 is 0 Å². The van der Waals surface area contributed by atoms with Gasteiger partial charge in [0.05, 0.1) is 23.6 Å². The summed E-state index contributed by atoms with van der Waals surface area (Å²) >= 11 is 0. The molecule has 0 saturated carbocycles. The highest BCUT2D eigenvalue weighted by Crippen LogP contribution is 2.38. The van der Waals surface area contributed by atoms with Crippen LogP contribution in [0.1, 0.15) is 35.8 Å². The zero-order valence-electron chi connectivity index (χ0n) is 13.5. The molecule has 0 radical (unpaired) electrons. The zero-order valence-corrected chi connectivity index (χ0v) is 13.5. The largest absolute Gasteiger partial charge is 0.481 e. The highest BCUT2D eigenvalue weighted by Gasteiger charge is 2.53. The van der Waals surface area contributed by atoms with E-state index in [1.165, 1.54) is 6.20 Å². The van der Waals surface area contributed by atoms with E-state index in [4.69, 9.17) is 5.11 Å². The number of hydrogen-bond donors (Lipinski definition) is 1. The predicted octanol–water partition coefficient (Wildman–Crippen LogP) is 2.33. The molecule has 1 aromatic heterocycles. The highest BCUT2D eigenvalue weighted by atomic mass is 19.4. The fraction of sp³-hybridized carbons (Fsp3) is 0.667. The Kier molecular flexibility index (Phi) is 5.19. The predicted molar refractivity (Wildman–Crippen MR) is 78.4 cm³/mol. The van der Waals surface area contributed by atoms with Crippen molar-refractivity contribution in [1.29, 1.82) is 0 Å². The van der Waals surface area contributed by atoms with Gasteiger partial charge in [-0.15, -0.1) is 0 Å². The zero-order chi connectivity index (χ0) is 18.1. The van der Waals surface area contributed by atoms with Gasteiger partial charge in [-0.2, -0.15) is 18.3 Å². The van der Waals surface area contributed by atoms with Crippen molar-refractivity contribution in [2.45, 2.75) is 39.4 Å². The molecule has 0 bridgehead atoms. The fourth-order valence-corrected chi connectivity index (χ4v) is 2.91. The SMILES string of the molecule is CCCCn1ncc(C(=O)N2C[C@@H](C(F)(F)F)[C@H](C(=O)O)C2)c1C. The van der Waals surface area contributed by atoms with Crippen LogP contribution in [-0.4, -0.2) is 50.9 Å². The molecule has 0 spiro atoms. The maximum Gasteiger partial charge on any atom is 0.394 e. The van der Waals surface area contributed by atoms with Crippen LogP contribution in [-0.2, 0) is 11.3 Å². The smallest absolute Gasteiger partial charge is 0.394 e. The number of aryl methyl sites for hydroxylation is 1. The Labute approximate surface area is 137 Å². The number of carboxylic acid groups (broad SMARTS) is 1. The molecule has 2 heterocycles. The Morgan fingerprint density at radius 3 is 2.54 bits per heavy atom. The van der Waals surface area contributed by atoms with E-state index in [1.807, 2.05) is 6.92 Å². The van der Waals surface area contributed by atoms with E-state index in [0.29, 0.717) is 12.2 Å². The lowest BCUT2D eigenvalue weighted by molar-refractivity contribution is -0.187. The Morgan fingerprint density at radius 1 is 1.38 bits per heavy atom. The van der Waals surface area contributed by atoms with E-state index in [2.05, 4.69) is 5.10 Å². The lowest BCUT2D eigenvalue weighted by Gasteiger charge is -2.18. The van der Waals surface area contributed by atoms with Crippen LogP contribution in [0.25, 0.3) is 0 Å². The molecular weight excluding hydrogens is 327 g/mol. The van der Waals surface area contributed by atoms with E-state index >= 15 is 0 Å². The van der Waals surface area contributed by atoms with E-state index in [0.717, 1.165) is 17.7 Å². The molecule has 0 aromatic carbocycles. The molecule has 1 fully saturated rings. The lowest BCUT2D eigenvalue weighted by Crippen LogP contribution is -2.34. The Hall–Kier alpha value is -2.06. The number of nitrogens with zero attached hydrogens (tertiary/aromatic N) is 3. The van der Waals surface area contributed by atoms with Crippen LogP contribution < -0.4 is 0 Å². The van der Waals surface area contributed by atoms with Crippen molar-refractivity contribution < 1.29 is 27.9 Å². The van der Waals surface area contributed by atoms with Crippen LogP contribution in [0.3, 0.4) is 0 Å². The molecule has 2 atom stereocenters. The second-order valence-corrected chi connectivity index (χ2v) is 6.02. The van der Waals surface area contributed by atoms with Crippen molar-refractivity contribution in [3.63, 3.8) is 0 Å². The number of aliphatic carboxylic acids is 1. The summed E-state index contributed by atoms with van der Waals surface area (Å²) in [6.07, 6.45) is -1.50. The first kappa shape index (κ1) is 18.3. The maximum atomic E-state index is 13.0. The summed E-state index contributed by atoms with van der Waals surface area (Å²) < 4.78 is 40.7. The molecule has 0 unspecified atom stereocenters. The van der Waals surface area contributed by atoms with Gasteiger partial charge in [0.1, 0.15) is 0 Å². The first-order valence-corrected chi connectivity index (χ1v) is 7.78. The summed E-state index contributed by atoms with van der Waals surface area (Å²) in [5.74, 6) is -5.82. The summed E-state index contributed by atoms with van der Waals surface area (Å²) in [6.45, 7) is 3.23. The van der Waals surface area contributed by atoms with Crippen molar-refractivity contribution in [3.8, 4) is 0 Å². The average molecular weight is 347 g/mol. The highest BCUT2D eigenvalue weighted by molar-refractivity contribution is 5.95. The summed E-state index contributed by atoms with van der Waals surface area (Å²) in [6, 6.07) is 0. The minimum absolute atomic E-state index is 0.220. The summed E-state index contributed by atoms with van der Waals surface area (Å²) in [4.78, 5) is 24.6. The third-order valence-corrected chi connectivity index (χ3v) is 4.40. The van der Waals surface area contributed by atoms with Gasteiger partial charge in [-0.25, -0.2) is 0 Å².